The van der Waals surface area contributed by atoms with Crippen molar-refractivity contribution < 1.29 is 19.6 Å². The number of non-ortho nitro benzene ring substituents is 1. The van der Waals surface area contributed by atoms with Gasteiger partial charge in [0.25, 0.3) is 5.69 Å². The number of nitrogens with zero attached hydrogens (tertiary/aromatic N) is 1. The van der Waals surface area contributed by atoms with Crippen LogP contribution in [0.3, 0.4) is 0 Å². The summed E-state index contributed by atoms with van der Waals surface area (Å²) < 4.78 is 5.55. The molecule has 2 aromatic rings. The number of ether oxygens (including phenoxy) is 1. The lowest BCUT2D eigenvalue weighted by atomic mass is 10.0. The van der Waals surface area contributed by atoms with Gasteiger partial charge in [-0.3, -0.25) is 14.9 Å². The van der Waals surface area contributed by atoms with Crippen molar-refractivity contribution in [3.05, 3.63) is 75.8 Å². The highest BCUT2D eigenvalue weighted by atomic mass is 16.6. The average molecular weight is 315 g/mol. The molecule has 0 amide bonds. The Balaban J connectivity index is 2.10. The van der Waals surface area contributed by atoms with Crippen molar-refractivity contribution in [2.75, 3.05) is 0 Å². The molecule has 120 valence electrons. The molecule has 0 fully saturated rings. The maximum atomic E-state index is 11.8. The van der Waals surface area contributed by atoms with Crippen LogP contribution in [-0.4, -0.2) is 21.9 Å². The molecule has 0 aliphatic rings. The molecule has 0 spiro atoms. The summed E-state index contributed by atoms with van der Waals surface area (Å²) in [5.74, 6) is -0.313. The smallest absolute Gasteiger partial charge is 0.269 e. The number of carbonyl (C=O) groups is 1. The molecule has 23 heavy (non-hydrogen) atoms. The van der Waals surface area contributed by atoms with Gasteiger partial charge in [0.15, 0.2) is 5.78 Å². The normalized spacial score (nSPS) is 13.3. The first kappa shape index (κ1) is 16.8. The maximum Gasteiger partial charge on any atom is 0.269 e. The molecule has 0 unspecified atom stereocenters. The molecule has 2 aromatic carbocycles. The minimum absolute atomic E-state index is 0.0782. The number of benzene rings is 2. The lowest BCUT2D eigenvalue weighted by Gasteiger charge is -2.21. The van der Waals surface area contributed by atoms with E-state index in [4.69, 9.17) is 4.74 Å². The van der Waals surface area contributed by atoms with E-state index in [1.165, 1.54) is 31.2 Å². The molecule has 0 aromatic heterocycles. The van der Waals surface area contributed by atoms with Crippen LogP contribution in [0.2, 0.25) is 0 Å². The molecule has 6 heteroatoms. The molecule has 2 rings (SSSR count). The van der Waals surface area contributed by atoms with Gasteiger partial charge in [0, 0.05) is 12.1 Å². The second kappa shape index (κ2) is 7.62. The second-order valence-electron chi connectivity index (χ2n) is 5.12. The first-order valence-electron chi connectivity index (χ1n) is 7.07. The predicted molar refractivity (Wildman–Crippen MR) is 83.8 cm³/mol. The first-order valence-corrected chi connectivity index (χ1v) is 7.07. The van der Waals surface area contributed by atoms with Crippen LogP contribution in [0.15, 0.2) is 54.6 Å². The Labute approximate surface area is 133 Å². The Hall–Kier alpha value is -2.57. The molecule has 0 radical (unpaired) electrons. The third kappa shape index (κ3) is 4.45. The van der Waals surface area contributed by atoms with Crippen molar-refractivity contribution in [1.29, 1.82) is 0 Å². The molecular weight excluding hydrogens is 298 g/mol. The quantitative estimate of drug-likeness (QED) is 0.627. The Bertz CT molecular complexity index is 669. The number of hydrogen-bond acceptors (Lipinski definition) is 5. The summed E-state index contributed by atoms with van der Waals surface area (Å²) in [7, 11) is 0. The highest BCUT2D eigenvalue weighted by Gasteiger charge is 2.26. The lowest BCUT2D eigenvalue weighted by molar-refractivity contribution is -0.384. The van der Waals surface area contributed by atoms with E-state index in [2.05, 4.69) is 0 Å². The fourth-order valence-electron chi connectivity index (χ4n) is 2.16. The molecule has 6 nitrogen and oxygen atoms in total. The van der Waals surface area contributed by atoms with Crippen LogP contribution in [0.5, 0.6) is 0 Å². The summed E-state index contributed by atoms with van der Waals surface area (Å²) >= 11 is 0. The molecule has 0 aliphatic carbocycles. The van der Waals surface area contributed by atoms with Gasteiger partial charge in [-0.05, 0) is 30.2 Å². The number of nitro groups is 1. The van der Waals surface area contributed by atoms with Crippen molar-refractivity contribution >= 4 is 11.5 Å². The number of aliphatic hydroxyl groups excluding tert-OH is 1. The molecule has 1 N–H and O–H groups in total. The van der Waals surface area contributed by atoms with Crippen LogP contribution < -0.4 is 0 Å². The number of Topliss-reactive ketones (excluding diaryl/α,β-unsaturated/α-hetero) is 1. The molecule has 2 atom stereocenters. The Morgan fingerprint density at radius 2 is 1.78 bits per heavy atom. The Kier molecular flexibility index (Phi) is 5.56. The fraction of sp³-hybridized carbons (Fsp3) is 0.235. The number of hydrogen-bond donors (Lipinski definition) is 1. The van der Waals surface area contributed by atoms with Crippen LogP contribution in [0.1, 0.15) is 24.2 Å². The largest absolute Gasteiger partial charge is 0.385 e. The summed E-state index contributed by atoms with van der Waals surface area (Å²) in [6, 6.07) is 14.7. The third-order valence-electron chi connectivity index (χ3n) is 3.41. The fourth-order valence-corrected chi connectivity index (χ4v) is 2.16. The Morgan fingerprint density at radius 1 is 1.17 bits per heavy atom. The molecule has 0 aliphatic heterocycles. The van der Waals surface area contributed by atoms with Gasteiger partial charge in [-0.1, -0.05) is 30.3 Å². The van der Waals surface area contributed by atoms with E-state index >= 15 is 0 Å². The SMILES string of the molecule is CC(=O)[C@@H](OCc1ccccc1)[C@@H](O)c1ccc([N+](=O)[O-])cc1. The van der Waals surface area contributed by atoms with Crippen molar-refractivity contribution in [3.63, 3.8) is 0 Å². The number of aliphatic hydroxyl groups is 1. The van der Waals surface area contributed by atoms with Gasteiger partial charge in [-0.15, -0.1) is 0 Å². The van der Waals surface area contributed by atoms with Gasteiger partial charge in [0.2, 0.25) is 0 Å². The van der Waals surface area contributed by atoms with E-state index in [1.54, 1.807) is 0 Å². The summed E-state index contributed by atoms with van der Waals surface area (Å²) in [5, 5.41) is 21.0. The van der Waals surface area contributed by atoms with Crippen molar-refractivity contribution in [2.24, 2.45) is 0 Å². The molecule has 0 saturated carbocycles. The van der Waals surface area contributed by atoms with Gasteiger partial charge in [-0.2, -0.15) is 0 Å². The van der Waals surface area contributed by atoms with E-state index in [0.29, 0.717) is 5.56 Å². The van der Waals surface area contributed by atoms with E-state index in [1.807, 2.05) is 30.3 Å². The van der Waals surface area contributed by atoms with Crippen molar-refractivity contribution in [3.8, 4) is 0 Å². The molecular formula is C17H17NO5. The molecule has 0 heterocycles. The zero-order chi connectivity index (χ0) is 16.8. The third-order valence-corrected chi connectivity index (χ3v) is 3.41. The standard InChI is InChI=1S/C17H17NO5/c1-12(19)17(23-11-13-5-3-2-4-6-13)16(20)14-7-9-15(10-8-14)18(21)22/h2-10,16-17,20H,11H2,1H3/t16-,17+/m0/s1. The van der Waals surface area contributed by atoms with Gasteiger partial charge < -0.3 is 9.84 Å². The van der Waals surface area contributed by atoms with Crippen LogP contribution in [-0.2, 0) is 16.1 Å². The minimum atomic E-state index is -1.18. The van der Waals surface area contributed by atoms with Crippen LogP contribution in [0, 0.1) is 10.1 Å². The maximum absolute atomic E-state index is 11.8. The first-order chi connectivity index (χ1) is 11.0. The van der Waals surface area contributed by atoms with Crippen LogP contribution >= 0.6 is 0 Å². The summed E-state index contributed by atoms with van der Waals surface area (Å²) in [5.41, 5.74) is 1.20. The highest BCUT2D eigenvalue weighted by Crippen LogP contribution is 2.23. The van der Waals surface area contributed by atoms with E-state index in [9.17, 15) is 20.0 Å². The van der Waals surface area contributed by atoms with Crippen LogP contribution in [0.25, 0.3) is 0 Å². The minimum Gasteiger partial charge on any atom is -0.385 e. The van der Waals surface area contributed by atoms with Crippen LogP contribution in [0.4, 0.5) is 5.69 Å². The number of ketones is 1. The van der Waals surface area contributed by atoms with Gasteiger partial charge in [0.05, 0.1) is 11.5 Å². The van der Waals surface area contributed by atoms with Gasteiger partial charge in [-0.25, -0.2) is 0 Å². The van der Waals surface area contributed by atoms with Gasteiger partial charge >= 0.3 is 0 Å². The van der Waals surface area contributed by atoms with Gasteiger partial charge in [0.1, 0.15) is 12.2 Å². The zero-order valence-corrected chi connectivity index (χ0v) is 12.6. The number of nitro benzene ring substituents is 1. The summed E-state index contributed by atoms with van der Waals surface area (Å²) in [4.78, 5) is 21.9. The second-order valence-corrected chi connectivity index (χ2v) is 5.12. The van der Waals surface area contributed by atoms with Crippen molar-refractivity contribution in [2.45, 2.75) is 25.7 Å². The average Bonchev–Trinajstić information content (AvgIpc) is 2.55. The van der Waals surface area contributed by atoms with E-state index in [-0.39, 0.29) is 18.1 Å². The number of rotatable bonds is 7. The monoisotopic (exact) mass is 315 g/mol. The Morgan fingerprint density at radius 3 is 2.30 bits per heavy atom. The summed E-state index contributed by atoms with van der Waals surface area (Å²) in [6.07, 6.45) is -2.21. The lowest BCUT2D eigenvalue weighted by Crippen LogP contribution is -2.29. The van der Waals surface area contributed by atoms with E-state index in [0.717, 1.165) is 5.56 Å². The highest BCUT2D eigenvalue weighted by molar-refractivity contribution is 5.81. The topological polar surface area (TPSA) is 89.7 Å². The molecule has 0 saturated heterocycles. The summed E-state index contributed by atoms with van der Waals surface area (Å²) in [6.45, 7) is 1.53. The zero-order valence-electron chi connectivity index (χ0n) is 12.6. The molecule has 0 bridgehead atoms. The van der Waals surface area contributed by atoms with Crippen molar-refractivity contribution in [1.82, 2.24) is 0 Å². The number of carbonyl (C=O) groups excluding carboxylic acids is 1. The predicted octanol–water partition coefficient (Wildman–Crippen LogP) is 2.80. The van der Waals surface area contributed by atoms with E-state index < -0.39 is 17.1 Å².